The van der Waals surface area contributed by atoms with E-state index in [1.54, 1.807) is 0 Å². The fourth-order valence-corrected chi connectivity index (χ4v) is 1.28. The summed E-state index contributed by atoms with van der Waals surface area (Å²) < 4.78 is 23.2. The first-order chi connectivity index (χ1) is 7.10. The number of ether oxygens (including phenoxy) is 2. The van der Waals surface area contributed by atoms with Crippen LogP contribution < -0.4 is 9.47 Å². The van der Waals surface area contributed by atoms with E-state index in [1.807, 2.05) is 0 Å². The van der Waals surface area contributed by atoms with Gasteiger partial charge in [0, 0.05) is 5.56 Å². The lowest BCUT2D eigenvalue weighted by atomic mass is 10.1. The van der Waals surface area contributed by atoms with E-state index < -0.39 is 18.2 Å². The predicted octanol–water partition coefficient (Wildman–Crippen LogP) is 1.47. The van der Waals surface area contributed by atoms with Gasteiger partial charge in [0.05, 0.1) is 20.6 Å². The fraction of sp³-hybridized carbons (Fsp3) is 0.300. The zero-order valence-corrected chi connectivity index (χ0v) is 8.41. The van der Waals surface area contributed by atoms with Crippen molar-refractivity contribution in [1.82, 2.24) is 0 Å². The molecule has 0 atom stereocenters. The summed E-state index contributed by atoms with van der Waals surface area (Å²) in [5, 5.41) is 8.61. The summed E-state index contributed by atoms with van der Waals surface area (Å²) in [4.78, 5) is 10.5. The van der Waals surface area contributed by atoms with Crippen LogP contribution in [0.2, 0.25) is 0 Å². The van der Waals surface area contributed by atoms with Gasteiger partial charge in [0.25, 0.3) is 0 Å². The van der Waals surface area contributed by atoms with Crippen LogP contribution in [0.5, 0.6) is 11.5 Å². The third kappa shape index (κ3) is 2.37. The molecule has 0 aliphatic carbocycles. The summed E-state index contributed by atoms with van der Waals surface area (Å²) >= 11 is 0. The quantitative estimate of drug-likeness (QED) is 0.824. The molecular formula is C10H11FO4. The van der Waals surface area contributed by atoms with Gasteiger partial charge in [-0.3, -0.25) is 4.79 Å². The van der Waals surface area contributed by atoms with Crippen molar-refractivity contribution in [3.8, 4) is 11.5 Å². The van der Waals surface area contributed by atoms with E-state index in [2.05, 4.69) is 0 Å². The molecular weight excluding hydrogens is 203 g/mol. The van der Waals surface area contributed by atoms with Gasteiger partial charge >= 0.3 is 5.97 Å². The third-order valence-corrected chi connectivity index (χ3v) is 1.92. The van der Waals surface area contributed by atoms with E-state index in [0.29, 0.717) is 5.75 Å². The topological polar surface area (TPSA) is 55.8 Å². The molecule has 4 nitrogen and oxygen atoms in total. The van der Waals surface area contributed by atoms with Crippen LogP contribution in [0.1, 0.15) is 5.56 Å². The van der Waals surface area contributed by atoms with Crippen molar-refractivity contribution < 1.29 is 23.8 Å². The van der Waals surface area contributed by atoms with Crippen LogP contribution in [-0.2, 0) is 11.2 Å². The van der Waals surface area contributed by atoms with Crippen molar-refractivity contribution in [2.45, 2.75) is 6.42 Å². The van der Waals surface area contributed by atoms with Crippen LogP contribution >= 0.6 is 0 Å². The number of carboxylic acid groups (broad SMARTS) is 1. The van der Waals surface area contributed by atoms with E-state index in [9.17, 15) is 9.18 Å². The molecule has 0 unspecified atom stereocenters. The maximum absolute atomic E-state index is 13.3. The molecule has 0 saturated carbocycles. The molecule has 1 rings (SSSR count). The van der Waals surface area contributed by atoms with Gasteiger partial charge in [-0.05, 0) is 12.1 Å². The lowest BCUT2D eigenvalue weighted by molar-refractivity contribution is -0.136. The van der Waals surface area contributed by atoms with Gasteiger partial charge in [0.15, 0.2) is 11.5 Å². The Kier molecular flexibility index (Phi) is 3.49. The average Bonchev–Trinajstić information content (AvgIpc) is 2.20. The maximum Gasteiger partial charge on any atom is 0.308 e. The second-order valence-electron chi connectivity index (χ2n) is 2.83. The minimum Gasteiger partial charge on any atom is -0.493 e. The Bertz CT molecular complexity index is 376. The molecule has 1 N–H and O–H groups in total. The molecule has 0 aromatic heterocycles. The van der Waals surface area contributed by atoms with Crippen molar-refractivity contribution in [2.24, 2.45) is 0 Å². The number of carbonyl (C=O) groups is 1. The van der Waals surface area contributed by atoms with Crippen LogP contribution in [0.15, 0.2) is 12.1 Å². The van der Waals surface area contributed by atoms with Crippen molar-refractivity contribution in [2.75, 3.05) is 14.2 Å². The highest BCUT2D eigenvalue weighted by molar-refractivity contribution is 5.72. The molecule has 0 fully saturated rings. The van der Waals surface area contributed by atoms with Gasteiger partial charge in [-0.2, -0.15) is 0 Å². The molecule has 0 saturated heterocycles. The normalized spacial score (nSPS) is 9.80. The first kappa shape index (κ1) is 11.3. The highest BCUT2D eigenvalue weighted by Crippen LogP contribution is 2.32. The van der Waals surface area contributed by atoms with E-state index in [4.69, 9.17) is 14.6 Å². The van der Waals surface area contributed by atoms with Crippen LogP contribution in [0, 0.1) is 5.82 Å². The molecule has 0 aliphatic rings. The van der Waals surface area contributed by atoms with Crippen molar-refractivity contribution >= 4 is 5.97 Å². The van der Waals surface area contributed by atoms with Crippen molar-refractivity contribution in [3.63, 3.8) is 0 Å². The SMILES string of the molecule is COc1ccc(F)c(CC(=O)O)c1OC. The predicted molar refractivity (Wildman–Crippen MR) is 50.8 cm³/mol. The van der Waals surface area contributed by atoms with Crippen LogP contribution in [0.3, 0.4) is 0 Å². The van der Waals surface area contributed by atoms with Crippen molar-refractivity contribution in [1.29, 1.82) is 0 Å². The van der Waals surface area contributed by atoms with Gasteiger partial charge in [0.2, 0.25) is 0 Å². The monoisotopic (exact) mass is 214 g/mol. The van der Waals surface area contributed by atoms with Gasteiger partial charge in [-0.25, -0.2) is 4.39 Å². The molecule has 1 aromatic carbocycles. The van der Waals surface area contributed by atoms with E-state index in [-0.39, 0.29) is 11.3 Å². The summed E-state index contributed by atoms with van der Waals surface area (Å²) in [7, 11) is 2.74. The second-order valence-corrected chi connectivity index (χ2v) is 2.83. The highest BCUT2D eigenvalue weighted by atomic mass is 19.1. The number of aliphatic carboxylic acids is 1. The Morgan fingerprint density at radius 3 is 2.53 bits per heavy atom. The average molecular weight is 214 g/mol. The number of hydrogen-bond acceptors (Lipinski definition) is 3. The molecule has 82 valence electrons. The standard InChI is InChI=1S/C10H11FO4/c1-14-8-4-3-7(11)6(5-9(12)13)10(8)15-2/h3-4H,5H2,1-2H3,(H,12,13). The summed E-state index contributed by atoms with van der Waals surface area (Å²) in [5.74, 6) is -1.30. The lowest BCUT2D eigenvalue weighted by Crippen LogP contribution is -2.06. The van der Waals surface area contributed by atoms with Crippen LogP contribution in [0.25, 0.3) is 0 Å². The largest absolute Gasteiger partial charge is 0.493 e. The van der Waals surface area contributed by atoms with Gasteiger partial charge in [-0.15, -0.1) is 0 Å². The first-order valence-electron chi connectivity index (χ1n) is 4.21. The molecule has 15 heavy (non-hydrogen) atoms. The molecule has 5 heteroatoms. The number of rotatable bonds is 4. The Balaban J connectivity index is 3.25. The summed E-state index contributed by atoms with van der Waals surface area (Å²) in [6.07, 6.45) is -0.438. The minimum atomic E-state index is -1.12. The van der Waals surface area contributed by atoms with E-state index in [0.717, 1.165) is 6.07 Å². The number of hydrogen-bond donors (Lipinski definition) is 1. The number of carboxylic acids is 1. The third-order valence-electron chi connectivity index (χ3n) is 1.92. The Morgan fingerprint density at radius 2 is 2.07 bits per heavy atom. The molecule has 0 radical (unpaired) electrons. The zero-order valence-electron chi connectivity index (χ0n) is 8.41. The Labute approximate surface area is 86.2 Å². The van der Waals surface area contributed by atoms with Gasteiger partial charge in [-0.1, -0.05) is 0 Å². The second kappa shape index (κ2) is 4.63. The number of methoxy groups -OCH3 is 2. The number of halogens is 1. The number of benzene rings is 1. The van der Waals surface area contributed by atoms with Crippen LogP contribution in [-0.4, -0.2) is 25.3 Å². The maximum atomic E-state index is 13.3. The molecule has 0 bridgehead atoms. The molecule has 0 heterocycles. The first-order valence-corrected chi connectivity index (χ1v) is 4.21. The Morgan fingerprint density at radius 1 is 1.40 bits per heavy atom. The zero-order chi connectivity index (χ0) is 11.4. The van der Waals surface area contributed by atoms with Gasteiger partial charge < -0.3 is 14.6 Å². The molecule has 1 aromatic rings. The smallest absolute Gasteiger partial charge is 0.308 e. The highest BCUT2D eigenvalue weighted by Gasteiger charge is 2.17. The molecule has 0 amide bonds. The Hall–Kier alpha value is -1.78. The van der Waals surface area contributed by atoms with E-state index >= 15 is 0 Å². The summed E-state index contributed by atoms with van der Waals surface area (Å²) in [6.45, 7) is 0. The fourth-order valence-electron chi connectivity index (χ4n) is 1.28. The molecule has 0 aliphatic heterocycles. The van der Waals surface area contributed by atoms with E-state index in [1.165, 1.54) is 20.3 Å². The van der Waals surface area contributed by atoms with Crippen LogP contribution in [0.4, 0.5) is 4.39 Å². The minimum absolute atomic E-state index is 0.00986. The summed E-state index contributed by atoms with van der Waals surface area (Å²) in [5.41, 5.74) is -0.00986. The molecule has 0 spiro atoms. The van der Waals surface area contributed by atoms with Gasteiger partial charge in [0.1, 0.15) is 5.82 Å². The lowest BCUT2D eigenvalue weighted by Gasteiger charge is -2.11. The van der Waals surface area contributed by atoms with Crippen molar-refractivity contribution in [3.05, 3.63) is 23.5 Å². The summed E-state index contributed by atoms with van der Waals surface area (Å²) in [6, 6.07) is 2.54.